The minimum Gasteiger partial charge on any atom is -0.467 e. The number of ether oxygens (including phenoxy) is 1. The fraction of sp³-hybridized carbons (Fsp3) is 0.294. The Morgan fingerprint density at radius 2 is 1.96 bits per heavy atom. The van der Waals surface area contributed by atoms with E-state index in [4.69, 9.17) is 4.74 Å². The normalized spacial score (nSPS) is 11.7. The maximum Gasteiger partial charge on any atom is 0.328 e. The van der Waals surface area contributed by atoms with Crippen molar-refractivity contribution in [2.75, 3.05) is 7.11 Å². The molecule has 1 aromatic carbocycles. The lowest BCUT2D eigenvalue weighted by Crippen LogP contribution is -2.41. The lowest BCUT2D eigenvalue weighted by molar-refractivity contribution is -0.143. The zero-order valence-corrected chi connectivity index (χ0v) is 13.0. The predicted molar refractivity (Wildman–Crippen MR) is 84.9 cm³/mol. The van der Waals surface area contributed by atoms with Gasteiger partial charge in [-0.3, -0.25) is 9.78 Å². The Morgan fingerprint density at radius 3 is 2.65 bits per heavy atom. The van der Waals surface area contributed by atoms with Crippen molar-refractivity contribution in [1.29, 1.82) is 0 Å². The third-order valence-electron chi connectivity index (χ3n) is 3.47. The van der Waals surface area contributed by atoms with Crippen molar-refractivity contribution in [2.45, 2.75) is 25.8 Å². The molecule has 6 nitrogen and oxygen atoms in total. The van der Waals surface area contributed by atoms with Gasteiger partial charge in [0.1, 0.15) is 11.8 Å². The molecule has 0 fully saturated rings. The summed E-state index contributed by atoms with van der Waals surface area (Å²) in [6.45, 7) is 1.44. The summed E-state index contributed by atoms with van der Waals surface area (Å²) in [5, 5.41) is 3.33. The van der Waals surface area contributed by atoms with Gasteiger partial charge in [-0.2, -0.15) is 0 Å². The lowest BCUT2D eigenvalue weighted by Gasteiger charge is -2.16. The smallest absolute Gasteiger partial charge is 0.328 e. The first-order valence-corrected chi connectivity index (χ1v) is 7.25. The quantitative estimate of drug-likeness (QED) is 0.823. The highest BCUT2D eigenvalue weighted by Crippen LogP contribution is 2.16. The van der Waals surface area contributed by atoms with Crippen molar-refractivity contribution in [3.63, 3.8) is 0 Å². The summed E-state index contributed by atoms with van der Waals surface area (Å²) in [6.07, 6.45) is 1.94. The largest absolute Gasteiger partial charge is 0.467 e. The first-order valence-electron chi connectivity index (χ1n) is 7.25. The van der Waals surface area contributed by atoms with E-state index in [0.29, 0.717) is 16.5 Å². The Balaban J connectivity index is 2.23. The Bertz CT molecular complexity index is 737. The number of para-hydroxylation sites is 1. The number of carbonyl (C=O) groups is 3. The van der Waals surface area contributed by atoms with Crippen LogP contribution in [0.2, 0.25) is 0 Å². The molecule has 0 bridgehead atoms. The molecule has 2 aromatic rings. The number of methoxy groups -OCH3 is 1. The number of hydrogen-bond donors (Lipinski definition) is 1. The molecule has 0 radical (unpaired) electrons. The van der Waals surface area contributed by atoms with E-state index in [1.165, 1.54) is 14.0 Å². The van der Waals surface area contributed by atoms with Crippen molar-refractivity contribution >= 4 is 28.6 Å². The number of pyridine rings is 1. The highest BCUT2D eigenvalue weighted by atomic mass is 16.5. The number of fused-ring (bicyclic) bond motifs is 1. The fourth-order valence-corrected chi connectivity index (χ4v) is 2.27. The van der Waals surface area contributed by atoms with Gasteiger partial charge in [0.05, 0.1) is 18.2 Å². The molecule has 1 amide bonds. The molecule has 0 aliphatic rings. The predicted octanol–water partition coefficient (Wildman–Crippen LogP) is 1.88. The Morgan fingerprint density at radius 1 is 1.22 bits per heavy atom. The van der Waals surface area contributed by atoms with Crippen molar-refractivity contribution in [2.24, 2.45) is 0 Å². The van der Waals surface area contributed by atoms with Gasteiger partial charge in [0.25, 0.3) is 5.91 Å². The van der Waals surface area contributed by atoms with Crippen LogP contribution in [0.3, 0.4) is 0 Å². The molecule has 0 saturated heterocycles. The van der Waals surface area contributed by atoms with Gasteiger partial charge < -0.3 is 14.8 Å². The second-order valence-corrected chi connectivity index (χ2v) is 5.17. The number of nitrogens with one attached hydrogen (secondary N) is 1. The monoisotopic (exact) mass is 314 g/mol. The van der Waals surface area contributed by atoms with Crippen LogP contribution in [0.15, 0.2) is 36.5 Å². The SMILES string of the molecule is COC(=O)[C@@H](CCC(C)=O)NC(=O)c1ccnc2ccccc12. The van der Waals surface area contributed by atoms with Gasteiger partial charge in [-0.25, -0.2) is 4.79 Å². The number of carbonyl (C=O) groups excluding carboxylic acids is 3. The highest BCUT2D eigenvalue weighted by molar-refractivity contribution is 6.07. The second-order valence-electron chi connectivity index (χ2n) is 5.17. The molecular weight excluding hydrogens is 296 g/mol. The Labute approximate surface area is 133 Å². The summed E-state index contributed by atoms with van der Waals surface area (Å²) in [6, 6.07) is 7.98. The van der Waals surface area contributed by atoms with Gasteiger partial charge in [-0.1, -0.05) is 18.2 Å². The van der Waals surface area contributed by atoms with Crippen LogP contribution in [0.1, 0.15) is 30.1 Å². The van der Waals surface area contributed by atoms with Crippen LogP contribution in [0.5, 0.6) is 0 Å². The van der Waals surface area contributed by atoms with Crippen LogP contribution in [0, 0.1) is 0 Å². The highest BCUT2D eigenvalue weighted by Gasteiger charge is 2.23. The number of aromatic nitrogens is 1. The summed E-state index contributed by atoms with van der Waals surface area (Å²) in [4.78, 5) is 39.6. The van der Waals surface area contributed by atoms with E-state index < -0.39 is 17.9 Å². The van der Waals surface area contributed by atoms with Crippen molar-refractivity contribution in [3.05, 3.63) is 42.1 Å². The molecule has 0 aliphatic carbocycles. The zero-order valence-electron chi connectivity index (χ0n) is 13.0. The van der Waals surface area contributed by atoms with Gasteiger partial charge in [-0.15, -0.1) is 0 Å². The minimum atomic E-state index is -0.858. The summed E-state index contributed by atoms with van der Waals surface area (Å²) >= 11 is 0. The number of nitrogens with zero attached hydrogens (tertiary/aromatic N) is 1. The van der Waals surface area contributed by atoms with Crippen LogP contribution in [0.4, 0.5) is 0 Å². The molecule has 0 aliphatic heterocycles. The Kier molecular flexibility index (Phi) is 5.41. The van der Waals surface area contributed by atoms with Crippen LogP contribution in [0.25, 0.3) is 10.9 Å². The molecule has 1 aromatic heterocycles. The molecule has 2 rings (SSSR count). The van der Waals surface area contributed by atoms with Gasteiger partial charge >= 0.3 is 5.97 Å². The fourth-order valence-electron chi connectivity index (χ4n) is 2.27. The van der Waals surface area contributed by atoms with Crippen molar-refractivity contribution < 1.29 is 19.1 Å². The van der Waals surface area contributed by atoms with E-state index in [9.17, 15) is 14.4 Å². The minimum absolute atomic E-state index is 0.0532. The van der Waals surface area contributed by atoms with Gasteiger partial charge in [0.15, 0.2) is 0 Å². The van der Waals surface area contributed by atoms with Crippen LogP contribution >= 0.6 is 0 Å². The standard InChI is InChI=1S/C17H18N2O4/c1-11(20)7-8-15(17(22)23-2)19-16(21)13-9-10-18-14-6-4-3-5-12(13)14/h3-6,9-10,15H,7-8H2,1-2H3,(H,19,21)/t15-/m1/s1. The van der Waals surface area contributed by atoms with Gasteiger partial charge in [0, 0.05) is 18.0 Å². The number of Topliss-reactive ketones (excluding diaryl/α,β-unsaturated/α-hetero) is 1. The molecule has 0 spiro atoms. The zero-order chi connectivity index (χ0) is 16.8. The number of esters is 1. The van der Waals surface area contributed by atoms with E-state index in [-0.39, 0.29) is 18.6 Å². The second kappa shape index (κ2) is 7.49. The molecule has 120 valence electrons. The van der Waals surface area contributed by atoms with E-state index in [2.05, 4.69) is 10.3 Å². The molecule has 0 saturated carbocycles. The summed E-state index contributed by atoms with van der Waals surface area (Å²) in [5.74, 6) is -1.02. The van der Waals surface area contributed by atoms with E-state index >= 15 is 0 Å². The third kappa shape index (κ3) is 4.12. The van der Waals surface area contributed by atoms with Crippen molar-refractivity contribution in [3.8, 4) is 0 Å². The van der Waals surface area contributed by atoms with Crippen LogP contribution in [-0.4, -0.2) is 35.8 Å². The first-order chi connectivity index (χ1) is 11.0. The Hall–Kier alpha value is -2.76. The average molecular weight is 314 g/mol. The summed E-state index contributed by atoms with van der Waals surface area (Å²) in [7, 11) is 1.25. The van der Waals surface area contributed by atoms with Crippen LogP contribution in [-0.2, 0) is 14.3 Å². The molecular formula is C17H18N2O4. The van der Waals surface area contributed by atoms with Gasteiger partial charge in [-0.05, 0) is 25.5 Å². The molecule has 23 heavy (non-hydrogen) atoms. The molecule has 1 N–H and O–H groups in total. The molecule has 6 heteroatoms. The lowest BCUT2D eigenvalue weighted by atomic mass is 10.1. The molecule has 1 heterocycles. The topological polar surface area (TPSA) is 85.4 Å². The number of ketones is 1. The van der Waals surface area contributed by atoms with E-state index in [0.717, 1.165) is 0 Å². The van der Waals surface area contributed by atoms with E-state index in [1.807, 2.05) is 12.1 Å². The maximum atomic E-state index is 12.5. The van der Waals surface area contributed by atoms with Gasteiger partial charge in [0.2, 0.25) is 0 Å². The van der Waals surface area contributed by atoms with Crippen molar-refractivity contribution in [1.82, 2.24) is 10.3 Å². The van der Waals surface area contributed by atoms with Crippen LogP contribution < -0.4 is 5.32 Å². The van der Waals surface area contributed by atoms with E-state index in [1.54, 1.807) is 24.4 Å². The maximum absolute atomic E-state index is 12.5. The average Bonchev–Trinajstić information content (AvgIpc) is 2.56. The number of amides is 1. The summed E-state index contributed by atoms with van der Waals surface area (Å²) in [5.41, 5.74) is 1.12. The number of rotatable bonds is 6. The summed E-state index contributed by atoms with van der Waals surface area (Å²) < 4.78 is 4.69. The number of hydrogen-bond acceptors (Lipinski definition) is 5. The molecule has 1 atom stereocenters. The molecule has 0 unspecified atom stereocenters. The first kappa shape index (κ1) is 16.6. The third-order valence-corrected chi connectivity index (χ3v) is 3.47. The number of benzene rings is 1.